The van der Waals surface area contributed by atoms with Gasteiger partial charge in [-0.1, -0.05) is 65.8 Å². The first kappa shape index (κ1) is 17.3. The quantitative estimate of drug-likeness (QED) is 0.678. The van der Waals surface area contributed by atoms with Gasteiger partial charge in [0.05, 0.1) is 0 Å². The normalized spacial score (nSPS) is 12.1. The lowest BCUT2D eigenvalue weighted by Gasteiger charge is -2.23. The first-order chi connectivity index (χ1) is 10.6. The number of benzene rings is 2. The number of amides is 1. The lowest BCUT2D eigenvalue weighted by atomic mass is 9.87. The first-order valence-electron chi connectivity index (χ1n) is 8.08. The van der Waals surface area contributed by atoms with Crippen molar-refractivity contribution in [3.63, 3.8) is 0 Å². The average Bonchev–Trinajstić information content (AvgIpc) is 2.47. The van der Waals surface area contributed by atoms with Gasteiger partial charge in [0.2, 0.25) is 6.41 Å². The Morgan fingerprint density at radius 2 is 0.957 bits per heavy atom. The van der Waals surface area contributed by atoms with E-state index in [0.717, 1.165) is 17.8 Å². The predicted octanol–water partition coefficient (Wildman–Crippen LogP) is 5.58. The van der Waals surface area contributed by atoms with Crippen molar-refractivity contribution in [2.75, 3.05) is 4.90 Å². The molecule has 0 radical (unpaired) electrons. The summed E-state index contributed by atoms with van der Waals surface area (Å²) in [5.41, 5.74) is 4.51. The fourth-order valence-corrected chi connectivity index (χ4v) is 2.51. The predicted molar refractivity (Wildman–Crippen MR) is 98.5 cm³/mol. The number of nitrogens with zero attached hydrogens (tertiary/aromatic N) is 1. The Balaban J connectivity index is 2.31. The van der Waals surface area contributed by atoms with Gasteiger partial charge in [-0.15, -0.1) is 0 Å². The molecule has 0 aliphatic carbocycles. The van der Waals surface area contributed by atoms with Crippen molar-refractivity contribution in [3.8, 4) is 0 Å². The molecule has 122 valence electrons. The fourth-order valence-electron chi connectivity index (χ4n) is 2.51. The van der Waals surface area contributed by atoms with Crippen LogP contribution in [0.1, 0.15) is 52.7 Å². The Labute approximate surface area is 140 Å². The molecular weight excluding hydrogens is 282 g/mol. The molecular formula is C21H27NO. The second kappa shape index (κ2) is 6.19. The van der Waals surface area contributed by atoms with Crippen LogP contribution in [-0.4, -0.2) is 6.41 Å². The highest BCUT2D eigenvalue weighted by Gasteiger charge is 2.16. The number of rotatable bonds is 3. The molecule has 2 nitrogen and oxygen atoms in total. The fraction of sp³-hybridized carbons (Fsp3) is 0.381. The van der Waals surface area contributed by atoms with Crippen LogP contribution in [0, 0.1) is 0 Å². The molecule has 0 unspecified atom stereocenters. The summed E-state index contributed by atoms with van der Waals surface area (Å²) >= 11 is 0. The molecule has 0 aromatic heterocycles. The molecule has 0 saturated heterocycles. The van der Waals surface area contributed by atoms with Crippen molar-refractivity contribution in [1.82, 2.24) is 0 Å². The zero-order chi connectivity index (χ0) is 17.3. The molecule has 1 amide bonds. The minimum Gasteiger partial charge on any atom is -0.284 e. The van der Waals surface area contributed by atoms with Gasteiger partial charge in [0.1, 0.15) is 0 Å². The molecule has 2 aromatic rings. The maximum atomic E-state index is 11.6. The molecule has 0 aliphatic rings. The number of carbonyl (C=O) groups is 1. The van der Waals surface area contributed by atoms with Crippen molar-refractivity contribution in [2.24, 2.45) is 0 Å². The maximum Gasteiger partial charge on any atom is 0.218 e. The van der Waals surface area contributed by atoms with Gasteiger partial charge in [-0.25, -0.2) is 0 Å². The van der Waals surface area contributed by atoms with Gasteiger partial charge in [0, 0.05) is 11.4 Å². The van der Waals surface area contributed by atoms with Gasteiger partial charge >= 0.3 is 0 Å². The van der Waals surface area contributed by atoms with Crippen LogP contribution in [0.2, 0.25) is 0 Å². The third-order valence-corrected chi connectivity index (χ3v) is 4.13. The Kier molecular flexibility index (Phi) is 4.65. The van der Waals surface area contributed by atoms with Crippen LogP contribution < -0.4 is 4.90 Å². The van der Waals surface area contributed by atoms with Crippen LogP contribution in [0.5, 0.6) is 0 Å². The largest absolute Gasteiger partial charge is 0.284 e. The van der Waals surface area contributed by atoms with Gasteiger partial charge in [-0.2, -0.15) is 0 Å². The summed E-state index contributed by atoms with van der Waals surface area (Å²) in [6.07, 6.45) is 0.873. The number of carbonyl (C=O) groups excluding carboxylic acids is 1. The van der Waals surface area contributed by atoms with Crippen LogP contribution in [0.3, 0.4) is 0 Å². The van der Waals surface area contributed by atoms with Crippen molar-refractivity contribution < 1.29 is 4.79 Å². The molecule has 23 heavy (non-hydrogen) atoms. The lowest BCUT2D eigenvalue weighted by molar-refractivity contribution is -0.106. The summed E-state index contributed by atoms with van der Waals surface area (Å²) < 4.78 is 0. The molecule has 0 bridgehead atoms. The first-order valence-corrected chi connectivity index (χ1v) is 8.08. The van der Waals surface area contributed by atoms with E-state index < -0.39 is 0 Å². The zero-order valence-corrected chi connectivity index (χ0v) is 15.1. The van der Waals surface area contributed by atoms with E-state index in [9.17, 15) is 4.79 Å². The molecule has 0 fully saturated rings. The van der Waals surface area contributed by atoms with E-state index in [0.29, 0.717) is 0 Å². The van der Waals surface area contributed by atoms with E-state index in [1.54, 1.807) is 4.90 Å². The molecule has 0 aliphatic heterocycles. The van der Waals surface area contributed by atoms with E-state index in [2.05, 4.69) is 65.8 Å². The summed E-state index contributed by atoms with van der Waals surface area (Å²) in [7, 11) is 0. The summed E-state index contributed by atoms with van der Waals surface area (Å²) in [5, 5.41) is 0. The van der Waals surface area contributed by atoms with E-state index in [1.807, 2.05) is 24.3 Å². The topological polar surface area (TPSA) is 20.3 Å². The van der Waals surface area contributed by atoms with E-state index >= 15 is 0 Å². The van der Waals surface area contributed by atoms with Gasteiger partial charge in [-0.3, -0.25) is 9.69 Å². The minimum atomic E-state index is 0.110. The van der Waals surface area contributed by atoms with E-state index in [-0.39, 0.29) is 10.8 Å². The number of hydrogen-bond donors (Lipinski definition) is 0. The highest BCUT2D eigenvalue weighted by Crippen LogP contribution is 2.30. The van der Waals surface area contributed by atoms with Gasteiger partial charge in [0.15, 0.2) is 0 Å². The Morgan fingerprint density at radius 3 is 1.17 bits per heavy atom. The standard InChI is InChI=1S/C21H27NO/c1-20(2,3)16-7-11-18(12-8-16)22(15-23)19-13-9-17(10-14-19)21(4,5)6/h7-15H,1-6H3. The molecule has 0 saturated carbocycles. The second-order valence-corrected chi connectivity index (χ2v) is 8.07. The molecule has 2 heteroatoms. The van der Waals surface area contributed by atoms with Gasteiger partial charge in [-0.05, 0) is 46.2 Å². The van der Waals surface area contributed by atoms with Gasteiger partial charge < -0.3 is 0 Å². The van der Waals surface area contributed by atoms with Crippen molar-refractivity contribution in [3.05, 3.63) is 59.7 Å². The Hall–Kier alpha value is -2.09. The summed E-state index contributed by atoms with van der Waals surface area (Å²) in [6.45, 7) is 13.1. The highest BCUT2D eigenvalue weighted by atomic mass is 16.1. The Bertz CT molecular complexity index is 597. The lowest BCUT2D eigenvalue weighted by Crippen LogP contribution is -2.16. The minimum absolute atomic E-state index is 0.110. The monoisotopic (exact) mass is 309 g/mol. The molecule has 0 spiro atoms. The van der Waals surface area contributed by atoms with Crippen LogP contribution in [0.15, 0.2) is 48.5 Å². The van der Waals surface area contributed by atoms with Crippen molar-refractivity contribution in [2.45, 2.75) is 52.4 Å². The third-order valence-electron chi connectivity index (χ3n) is 4.13. The zero-order valence-electron chi connectivity index (χ0n) is 15.1. The summed E-state index contributed by atoms with van der Waals surface area (Å²) in [5.74, 6) is 0. The van der Waals surface area contributed by atoms with E-state index in [4.69, 9.17) is 0 Å². The molecule has 0 atom stereocenters. The number of hydrogen-bond acceptors (Lipinski definition) is 1. The average molecular weight is 309 g/mol. The molecule has 0 N–H and O–H groups in total. The third kappa shape index (κ3) is 4.01. The van der Waals surface area contributed by atoms with E-state index in [1.165, 1.54) is 11.1 Å². The van der Waals surface area contributed by atoms with Crippen LogP contribution in [-0.2, 0) is 15.6 Å². The van der Waals surface area contributed by atoms with Crippen molar-refractivity contribution in [1.29, 1.82) is 0 Å². The van der Waals surface area contributed by atoms with Crippen LogP contribution in [0.4, 0.5) is 11.4 Å². The second-order valence-electron chi connectivity index (χ2n) is 8.07. The van der Waals surface area contributed by atoms with Crippen LogP contribution in [0.25, 0.3) is 0 Å². The molecule has 0 heterocycles. The smallest absolute Gasteiger partial charge is 0.218 e. The number of anilines is 2. The molecule has 2 aromatic carbocycles. The maximum absolute atomic E-state index is 11.6. The van der Waals surface area contributed by atoms with Crippen LogP contribution >= 0.6 is 0 Å². The molecule has 2 rings (SSSR count). The Morgan fingerprint density at radius 1 is 0.652 bits per heavy atom. The van der Waals surface area contributed by atoms with Gasteiger partial charge in [0.25, 0.3) is 0 Å². The SMILES string of the molecule is CC(C)(C)c1ccc(N(C=O)c2ccc(C(C)(C)C)cc2)cc1. The summed E-state index contributed by atoms with van der Waals surface area (Å²) in [4.78, 5) is 13.3. The highest BCUT2D eigenvalue weighted by molar-refractivity contribution is 5.86. The summed E-state index contributed by atoms with van der Waals surface area (Å²) in [6, 6.07) is 16.4. The van der Waals surface area contributed by atoms with Crippen molar-refractivity contribution >= 4 is 17.8 Å².